The van der Waals surface area contributed by atoms with E-state index in [0.29, 0.717) is 22.8 Å². The molecule has 110 valence electrons. The van der Waals surface area contributed by atoms with E-state index in [1.165, 1.54) is 11.3 Å². The minimum absolute atomic E-state index is 0.0349. The number of rotatable bonds is 6. The van der Waals surface area contributed by atoms with Crippen LogP contribution in [0, 0.1) is 0 Å². The van der Waals surface area contributed by atoms with Crippen LogP contribution in [0.2, 0.25) is 0 Å². The lowest BCUT2D eigenvalue weighted by Crippen LogP contribution is -2.11. The van der Waals surface area contributed by atoms with Crippen LogP contribution in [-0.2, 0) is 16.0 Å². The Bertz CT molecular complexity index is 652. The number of aromatic nitrogens is 1. The summed E-state index contributed by atoms with van der Waals surface area (Å²) in [5, 5.41) is 14.1. The SMILES string of the molecule is CCCC(=O)Nc1ccccc1-c1nc(CC(=O)O)cs1. The van der Waals surface area contributed by atoms with Crippen LogP contribution in [0.25, 0.3) is 10.6 Å². The Morgan fingerprint density at radius 3 is 2.81 bits per heavy atom. The van der Waals surface area contributed by atoms with Gasteiger partial charge in [0.1, 0.15) is 5.01 Å². The second-order valence-corrected chi connectivity index (χ2v) is 5.42. The van der Waals surface area contributed by atoms with Crippen molar-refractivity contribution in [2.24, 2.45) is 0 Å². The zero-order chi connectivity index (χ0) is 15.2. The van der Waals surface area contributed by atoms with Gasteiger partial charge in [-0.1, -0.05) is 19.1 Å². The maximum Gasteiger partial charge on any atom is 0.309 e. The highest BCUT2D eigenvalue weighted by Crippen LogP contribution is 2.30. The number of benzene rings is 1. The fraction of sp³-hybridized carbons (Fsp3) is 0.267. The Labute approximate surface area is 126 Å². The normalized spacial score (nSPS) is 10.3. The molecule has 0 spiro atoms. The van der Waals surface area contributed by atoms with Crippen molar-refractivity contribution in [2.45, 2.75) is 26.2 Å². The van der Waals surface area contributed by atoms with Gasteiger partial charge in [0.2, 0.25) is 5.91 Å². The molecule has 5 nitrogen and oxygen atoms in total. The van der Waals surface area contributed by atoms with Gasteiger partial charge in [0, 0.05) is 17.4 Å². The predicted octanol–water partition coefficient (Wildman–Crippen LogP) is 3.18. The van der Waals surface area contributed by atoms with E-state index in [2.05, 4.69) is 10.3 Å². The molecule has 1 amide bonds. The monoisotopic (exact) mass is 304 g/mol. The third kappa shape index (κ3) is 4.13. The van der Waals surface area contributed by atoms with E-state index < -0.39 is 5.97 Å². The van der Waals surface area contributed by atoms with Gasteiger partial charge in [-0.2, -0.15) is 0 Å². The molecule has 1 heterocycles. The third-order valence-electron chi connectivity index (χ3n) is 2.79. The van der Waals surface area contributed by atoms with Crippen LogP contribution >= 0.6 is 11.3 Å². The van der Waals surface area contributed by atoms with Gasteiger partial charge in [-0.25, -0.2) is 4.98 Å². The standard InChI is InChI=1S/C15H16N2O3S/c1-2-5-13(18)17-12-7-4-3-6-11(12)15-16-10(9-21-15)8-14(19)20/h3-4,6-7,9H,2,5,8H2,1H3,(H,17,18)(H,19,20). The lowest BCUT2D eigenvalue weighted by molar-refractivity contribution is -0.136. The molecule has 0 saturated carbocycles. The van der Waals surface area contributed by atoms with Gasteiger partial charge in [-0.15, -0.1) is 11.3 Å². The first kappa shape index (κ1) is 15.2. The van der Waals surface area contributed by atoms with E-state index in [1.54, 1.807) is 5.38 Å². The van der Waals surface area contributed by atoms with Crippen LogP contribution in [-0.4, -0.2) is 22.0 Å². The van der Waals surface area contributed by atoms with Crippen molar-refractivity contribution < 1.29 is 14.7 Å². The van der Waals surface area contributed by atoms with E-state index in [1.807, 2.05) is 31.2 Å². The van der Waals surface area contributed by atoms with Gasteiger partial charge in [0.05, 0.1) is 17.8 Å². The summed E-state index contributed by atoms with van der Waals surface area (Å²) in [6.07, 6.45) is 1.16. The molecule has 21 heavy (non-hydrogen) atoms. The van der Waals surface area contributed by atoms with E-state index >= 15 is 0 Å². The molecule has 0 saturated heterocycles. The average Bonchev–Trinajstić information content (AvgIpc) is 2.87. The second kappa shape index (κ2) is 6.99. The number of hydrogen-bond donors (Lipinski definition) is 2. The molecule has 0 radical (unpaired) electrons. The fourth-order valence-electron chi connectivity index (χ4n) is 1.89. The molecule has 0 aliphatic heterocycles. The van der Waals surface area contributed by atoms with Gasteiger partial charge in [0.15, 0.2) is 0 Å². The number of para-hydroxylation sites is 1. The topological polar surface area (TPSA) is 79.3 Å². The van der Waals surface area contributed by atoms with Crippen LogP contribution in [0.4, 0.5) is 5.69 Å². The Kier molecular flexibility index (Phi) is 5.05. The maximum atomic E-state index is 11.7. The lowest BCUT2D eigenvalue weighted by atomic mass is 10.1. The van der Waals surface area contributed by atoms with E-state index in [-0.39, 0.29) is 12.3 Å². The smallest absolute Gasteiger partial charge is 0.309 e. The van der Waals surface area contributed by atoms with E-state index in [0.717, 1.165) is 12.0 Å². The molecule has 0 aliphatic carbocycles. The Balaban J connectivity index is 2.25. The molecular formula is C15H16N2O3S. The maximum absolute atomic E-state index is 11.7. The van der Waals surface area contributed by atoms with Crippen molar-refractivity contribution in [1.82, 2.24) is 4.98 Å². The van der Waals surface area contributed by atoms with Crippen LogP contribution < -0.4 is 5.32 Å². The van der Waals surface area contributed by atoms with Crippen molar-refractivity contribution in [3.63, 3.8) is 0 Å². The average molecular weight is 304 g/mol. The summed E-state index contributed by atoms with van der Waals surface area (Å²) < 4.78 is 0. The summed E-state index contributed by atoms with van der Waals surface area (Å²) in [5.74, 6) is -0.941. The highest BCUT2D eigenvalue weighted by Gasteiger charge is 2.12. The zero-order valence-corrected chi connectivity index (χ0v) is 12.4. The van der Waals surface area contributed by atoms with Gasteiger partial charge < -0.3 is 10.4 Å². The predicted molar refractivity (Wildman–Crippen MR) is 82.4 cm³/mol. The first-order chi connectivity index (χ1) is 10.1. The van der Waals surface area contributed by atoms with Crippen LogP contribution in [0.1, 0.15) is 25.5 Å². The van der Waals surface area contributed by atoms with Gasteiger partial charge >= 0.3 is 5.97 Å². The number of amides is 1. The van der Waals surface area contributed by atoms with Gasteiger partial charge in [0.25, 0.3) is 0 Å². The van der Waals surface area contributed by atoms with Crippen molar-refractivity contribution in [1.29, 1.82) is 0 Å². The number of aliphatic carboxylic acids is 1. The number of hydrogen-bond acceptors (Lipinski definition) is 4. The number of carbonyl (C=O) groups is 2. The van der Waals surface area contributed by atoms with Crippen LogP contribution in [0.3, 0.4) is 0 Å². The molecule has 1 aromatic heterocycles. The fourth-order valence-corrected chi connectivity index (χ4v) is 2.74. The molecule has 0 unspecified atom stereocenters. The first-order valence-corrected chi connectivity index (χ1v) is 7.53. The number of anilines is 1. The van der Waals surface area contributed by atoms with E-state index in [4.69, 9.17) is 5.11 Å². The Morgan fingerprint density at radius 1 is 1.33 bits per heavy atom. The van der Waals surface area contributed by atoms with Gasteiger partial charge in [-0.3, -0.25) is 9.59 Å². The molecule has 0 bridgehead atoms. The van der Waals surface area contributed by atoms with Crippen molar-refractivity contribution in [2.75, 3.05) is 5.32 Å². The van der Waals surface area contributed by atoms with Crippen LogP contribution in [0.5, 0.6) is 0 Å². The number of carbonyl (C=O) groups excluding carboxylic acids is 1. The molecule has 2 N–H and O–H groups in total. The first-order valence-electron chi connectivity index (χ1n) is 6.65. The highest BCUT2D eigenvalue weighted by atomic mass is 32.1. The molecule has 6 heteroatoms. The third-order valence-corrected chi connectivity index (χ3v) is 3.72. The number of thiazole rings is 1. The zero-order valence-electron chi connectivity index (χ0n) is 11.6. The largest absolute Gasteiger partial charge is 0.481 e. The number of nitrogens with one attached hydrogen (secondary N) is 1. The molecule has 0 fully saturated rings. The molecule has 2 aromatic rings. The molecular weight excluding hydrogens is 288 g/mol. The summed E-state index contributed by atoms with van der Waals surface area (Å²) in [7, 11) is 0. The highest BCUT2D eigenvalue weighted by molar-refractivity contribution is 7.13. The number of carboxylic acids is 1. The van der Waals surface area contributed by atoms with Crippen LogP contribution in [0.15, 0.2) is 29.6 Å². The molecule has 1 aromatic carbocycles. The van der Waals surface area contributed by atoms with Gasteiger partial charge in [-0.05, 0) is 18.6 Å². The Morgan fingerprint density at radius 2 is 2.10 bits per heavy atom. The quantitative estimate of drug-likeness (QED) is 0.859. The van der Waals surface area contributed by atoms with Crippen molar-refractivity contribution in [3.8, 4) is 10.6 Å². The second-order valence-electron chi connectivity index (χ2n) is 4.56. The van der Waals surface area contributed by atoms with E-state index in [9.17, 15) is 9.59 Å². The van der Waals surface area contributed by atoms with Crippen molar-refractivity contribution >= 4 is 28.9 Å². The summed E-state index contributed by atoms with van der Waals surface area (Å²) in [6.45, 7) is 1.95. The molecule has 0 atom stereocenters. The minimum atomic E-state index is -0.906. The molecule has 0 aliphatic rings. The Hall–Kier alpha value is -2.21. The summed E-state index contributed by atoms with van der Waals surface area (Å²) >= 11 is 1.37. The lowest BCUT2D eigenvalue weighted by Gasteiger charge is -2.08. The molecule has 2 rings (SSSR count). The minimum Gasteiger partial charge on any atom is -0.481 e. The van der Waals surface area contributed by atoms with Crippen molar-refractivity contribution in [3.05, 3.63) is 35.3 Å². The summed E-state index contributed by atoms with van der Waals surface area (Å²) in [5.41, 5.74) is 2.04. The number of nitrogens with zero attached hydrogens (tertiary/aromatic N) is 1. The summed E-state index contributed by atoms with van der Waals surface area (Å²) in [4.78, 5) is 26.8. The summed E-state index contributed by atoms with van der Waals surface area (Å²) in [6, 6.07) is 7.39. The number of carboxylic acid groups (broad SMARTS) is 1.